The largest absolute Gasteiger partial charge is 0.496 e. The van der Waals surface area contributed by atoms with Crippen molar-refractivity contribution in [3.8, 4) is 22.8 Å². The molecule has 0 radical (unpaired) electrons. The van der Waals surface area contributed by atoms with Crippen LogP contribution in [0.2, 0.25) is 0 Å². The van der Waals surface area contributed by atoms with Crippen LogP contribution in [-0.4, -0.2) is 12.1 Å². The lowest BCUT2D eigenvalue weighted by atomic mass is 9.94. The number of hydrogen-bond donors (Lipinski definition) is 0. The fourth-order valence-electron chi connectivity index (χ4n) is 3.62. The van der Waals surface area contributed by atoms with E-state index in [0.717, 1.165) is 47.5 Å². The number of benzene rings is 2. The van der Waals surface area contributed by atoms with E-state index in [1.807, 2.05) is 13.0 Å². The molecule has 6 heteroatoms. The van der Waals surface area contributed by atoms with Crippen molar-refractivity contribution in [2.45, 2.75) is 46.4 Å². The van der Waals surface area contributed by atoms with Crippen LogP contribution in [-0.2, 0) is 25.6 Å². The molecule has 164 valence electrons. The number of aryl methyl sites for hydroxylation is 3. The van der Waals surface area contributed by atoms with Gasteiger partial charge in [-0.25, -0.2) is 0 Å². The number of halogens is 3. The summed E-state index contributed by atoms with van der Waals surface area (Å²) in [5, 5.41) is 0. The molecule has 3 rings (SSSR count). The molecule has 0 saturated heterocycles. The molecule has 0 atom stereocenters. The summed E-state index contributed by atoms with van der Waals surface area (Å²) in [4.78, 5) is 4.82. The molecule has 1 heterocycles. The summed E-state index contributed by atoms with van der Waals surface area (Å²) in [6.45, 7) is 6.27. The van der Waals surface area contributed by atoms with Gasteiger partial charge < -0.3 is 9.47 Å². The first-order valence-electron chi connectivity index (χ1n) is 10.2. The number of hydrogen-bond acceptors (Lipinski definition) is 3. The Morgan fingerprint density at radius 2 is 1.55 bits per heavy atom. The molecule has 1 aromatic heterocycles. The predicted molar refractivity (Wildman–Crippen MR) is 115 cm³/mol. The molecule has 0 aliphatic heterocycles. The minimum atomic E-state index is -4.37. The zero-order valence-electron chi connectivity index (χ0n) is 18.1. The smallest absolute Gasteiger partial charge is 0.416 e. The summed E-state index contributed by atoms with van der Waals surface area (Å²) in [6, 6.07) is 12.8. The van der Waals surface area contributed by atoms with Crippen LogP contribution in [0.3, 0.4) is 0 Å². The van der Waals surface area contributed by atoms with Gasteiger partial charge in [-0.3, -0.25) is 4.98 Å². The molecule has 3 nitrogen and oxygen atoms in total. The fourth-order valence-corrected chi connectivity index (χ4v) is 3.62. The van der Waals surface area contributed by atoms with Crippen LogP contribution in [0.1, 0.15) is 41.8 Å². The Morgan fingerprint density at radius 1 is 0.935 bits per heavy atom. The molecule has 0 aliphatic carbocycles. The lowest BCUT2D eigenvalue weighted by Crippen LogP contribution is -2.06. The van der Waals surface area contributed by atoms with E-state index < -0.39 is 11.7 Å². The Balaban J connectivity index is 1.91. The number of aromatic nitrogens is 1. The number of nitrogens with zero attached hydrogens (tertiary/aromatic N) is 1. The fraction of sp³-hybridized carbons (Fsp3) is 0.320. The van der Waals surface area contributed by atoms with Crippen molar-refractivity contribution in [2.75, 3.05) is 7.11 Å². The molecular weight excluding hydrogens is 403 g/mol. The average molecular weight is 429 g/mol. The summed E-state index contributed by atoms with van der Waals surface area (Å²) < 4.78 is 49.6. The summed E-state index contributed by atoms with van der Waals surface area (Å²) in [7, 11) is 1.59. The third-order valence-corrected chi connectivity index (χ3v) is 5.33. The molecule has 0 amide bonds. The van der Waals surface area contributed by atoms with Crippen LogP contribution in [0, 0.1) is 6.92 Å². The van der Waals surface area contributed by atoms with Crippen LogP contribution >= 0.6 is 0 Å². The summed E-state index contributed by atoms with van der Waals surface area (Å²) >= 11 is 0. The summed E-state index contributed by atoms with van der Waals surface area (Å²) in [6.07, 6.45) is -2.58. The molecule has 0 aliphatic rings. The van der Waals surface area contributed by atoms with Gasteiger partial charge in [-0.15, -0.1) is 0 Å². The first-order chi connectivity index (χ1) is 14.8. The Bertz CT molecular complexity index is 1020. The second-order valence-corrected chi connectivity index (χ2v) is 7.24. The standard InChI is InChI=1S/C25H26F3NO2/c1-5-17-8-7-9-18(6-2)24(17)22-14-23(30-4)21(16(3)29-22)15-31-20-12-10-19(11-13-20)25(26,27)28/h7-14H,5-6,15H2,1-4H3. The minimum absolute atomic E-state index is 0.143. The lowest BCUT2D eigenvalue weighted by molar-refractivity contribution is -0.137. The Kier molecular flexibility index (Phi) is 6.88. The van der Waals surface area contributed by atoms with Gasteiger partial charge in [-0.05, 0) is 55.2 Å². The van der Waals surface area contributed by atoms with Crippen LogP contribution in [0.25, 0.3) is 11.3 Å². The first-order valence-corrected chi connectivity index (χ1v) is 10.2. The second kappa shape index (κ2) is 9.41. The molecule has 0 saturated carbocycles. The van der Waals surface area contributed by atoms with Gasteiger partial charge in [0.1, 0.15) is 18.1 Å². The minimum Gasteiger partial charge on any atom is -0.496 e. The SMILES string of the molecule is CCc1cccc(CC)c1-c1cc(OC)c(COc2ccc(C(F)(F)F)cc2)c(C)n1. The van der Waals surface area contributed by atoms with Crippen LogP contribution in [0.15, 0.2) is 48.5 Å². The van der Waals surface area contributed by atoms with E-state index >= 15 is 0 Å². The van der Waals surface area contributed by atoms with Crippen LogP contribution in [0.5, 0.6) is 11.5 Å². The number of alkyl halides is 3. The lowest BCUT2D eigenvalue weighted by Gasteiger charge is -2.17. The summed E-state index contributed by atoms with van der Waals surface area (Å²) in [5.74, 6) is 0.991. The number of rotatable bonds is 7. The van der Waals surface area contributed by atoms with E-state index in [2.05, 4.69) is 32.0 Å². The predicted octanol–water partition coefficient (Wildman–Crippen LogP) is 6.79. The summed E-state index contributed by atoms with van der Waals surface area (Å²) in [5.41, 5.74) is 5.24. The first kappa shape index (κ1) is 22.7. The van der Waals surface area contributed by atoms with Crippen molar-refractivity contribution in [2.24, 2.45) is 0 Å². The maximum absolute atomic E-state index is 12.7. The topological polar surface area (TPSA) is 31.4 Å². The second-order valence-electron chi connectivity index (χ2n) is 7.24. The van der Waals surface area contributed by atoms with Gasteiger partial charge in [0, 0.05) is 17.3 Å². The molecule has 0 bridgehead atoms. The number of ether oxygens (including phenoxy) is 2. The molecule has 0 N–H and O–H groups in total. The van der Waals surface area contributed by atoms with E-state index in [4.69, 9.17) is 14.5 Å². The Hall–Kier alpha value is -3.02. The third kappa shape index (κ3) is 5.01. The van der Waals surface area contributed by atoms with Crippen LogP contribution in [0.4, 0.5) is 13.2 Å². The van der Waals surface area contributed by atoms with Crippen molar-refractivity contribution in [1.29, 1.82) is 0 Å². The Labute approximate surface area is 180 Å². The van der Waals surface area contributed by atoms with Crippen molar-refractivity contribution >= 4 is 0 Å². The van der Waals surface area contributed by atoms with Gasteiger partial charge in [-0.2, -0.15) is 13.2 Å². The van der Waals surface area contributed by atoms with E-state index in [-0.39, 0.29) is 6.61 Å². The molecule has 31 heavy (non-hydrogen) atoms. The van der Waals surface area contributed by atoms with Crippen LogP contribution < -0.4 is 9.47 Å². The number of methoxy groups -OCH3 is 1. The molecule has 0 spiro atoms. The zero-order chi connectivity index (χ0) is 22.6. The van der Waals surface area contributed by atoms with Gasteiger partial charge in [0.05, 0.1) is 23.9 Å². The molecule has 3 aromatic rings. The molecule has 2 aromatic carbocycles. The average Bonchev–Trinajstić information content (AvgIpc) is 2.76. The molecule has 0 unspecified atom stereocenters. The van der Waals surface area contributed by atoms with Crippen molar-refractivity contribution in [3.63, 3.8) is 0 Å². The quantitative estimate of drug-likeness (QED) is 0.414. The highest BCUT2D eigenvalue weighted by atomic mass is 19.4. The highest BCUT2D eigenvalue weighted by molar-refractivity contribution is 5.70. The maximum atomic E-state index is 12.7. The van der Waals surface area contributed by atoms with Crippen molar-refractivity contribution in [3.05, 3.63) is 76.5 Å². The van der Waals surface area contributed by atoms with Gasteiger partial charge in [-0.1, -0.05) is 32.0 Å². The van der Waals surface area contributed by atoms with E-state index in [1.54, 1.807) is 7.11 Å². The van der Waals surface area contributed by atoms with Gasteiger partial charge in [0.2, 0.25) is 0 Å². The highest BCUT2D eigenvalue weighted by Crippen LogP contribution is 2.34. The number of pyridine rings is 1. The normalized spacial score (nSPS) is 11.5. The van der Waals surface area contributed by atoms with Gasteiger partial charge >= 0.3 is 6.18 Å². The van der Waals surface area contributed by atoms with E-state index in [1.165, 1.54) is 23.3 Å². The monoisotopic (exact) mass is 429 g/mol. The maximum Gasteiger partial charge on any atom is 0.416 e. The van der Waals surface area contributed by atoms with Crippen molar-refractivity contribution in [1.82, 2.24) is 4.98 Å². The van der Waals surface area contributed by atoms with E-state index in [9.17, 15) is 13.2 Å². The third-order valence-electron chi connectivity index (χ3n) is 5.33. The highest BCUT2D eigenvalue weighted by Gasteiger charge is 2.30. The van der Waals surface area contributed by atoms with Gasteiger partial charge in [0.15, 0.2) is 0 Å². The zero-order valence-corrected chi connectivity index (χ0v) is 18.1. The van der Waals surface area contributed by atoms with Gasteiger partial charge in [0.25, 0.3) is 0 Å². The van der Waals surface area contributed by atoms with Crippen molar-refractivity contribution < 1.29 is 22.6 Å². The van der Waals surface area contributed by atoms with E-state index in [0.29, 0.717) is 11.5 Å². The Morgan fingerprint density at radius 3 is 2.06 bits per heavy atom. The molecular formula is C25H26F3NO2. The molecule has 0 fully saturated rings.